The standard InChI is InChI=1S/C17H23F3N2O3/c1-2-22(10-16(23)24)14-7-13(8-14)21-9-12-3-5-15(6-4-12)25-11-17(18,19)20/h3-6,13-14,21H,2,7-11H2,1H3,(H,23,24). The Morgan fingerprint density at radius 2 is 1.96 bits per heavy atom. The van der Waals surface area contributed by atoms with Gasteiger partial charge >= 0.3 is 12.1 Å². The highest BCUT2D eigenvalue weighted by molar-refractivity contribution is 5.69. The molecule has 1 aliphatic rings. The highest BCUT2D eigenvalue weighted by Gasteiger charge is 2.33. The summed E-state index contributed by atoms with van der Waals surface area (Å²) >= 11 is 0. The Balaban J connectivity index is 1.70. The molecule has 8 heteroatoms. The second-order valence-corrected chi connectivity index (χ2v) is 6.21. The monoisotopic (exact) mass is 360 g/mol. The first kappa shape index (κ1) is 19.5. The van der Waals surface area contributed by atoms with Crippen molar-refractivity contribution in [1.29, 1.82) is 0 Å². The fourth-order valence-corrected chi connectivity index (χ4v) is 2.86. The third-order valence-corrected chi connectivity index (χ3v) is 4.29. The van der Waals surface area contributed by atoms with Crippen LogP contribution in [0, 0.1) is 0 Å². The van der Waals surface area contributed by atoms with E-state index in [-0.39, 0.29) is 18.3 Å². The molecule has 0 unspecified atom stereocenters. The quantitative estimate of drug-likeness (QED) is 0.709. The maximum absolute atomic E-state index is 12.1. The van der Waals surface area contributed by atoms with Crippen LogP contribution in [0.5, 0.6) is 5.75 Å². The van der Waals surface area contributed by atoms with Gasteiger partial charge in [0.2, 0.25) is 0 Å². The summed E-state index contributed by atoms with van der Waals surface area (Å²) in [7, 11) is 0. The van der Waals surface area contributed by atoms with Crippen LogP contribution in [-0.2, 0) is 11.3 Å². The minimum atomic E-state index is -4.34. The molecule has 2 N–H and O–H groups in total. The van der Waals surface area contributed by atoms with Gasteiger partial charge < -0.3 is 15.2 Å². The minimum Gasteiger partial charge on any atom is -0.484 e. The molecule has 1 aromatic carbocycles. The van der Waals surface area contributed by atoms with Crippen LogP contribution in [0.2, 0.25) is 0 Å². The van der Waals surface area contributed by atoms with Crippen LogP contribution in [0.4, 0.5) is 13.2 Å². The Morgan fingerprint density at radius 3 is 2.48 bits per heavy atom. The van der Waals surface area contributed by atoms with Crippen LogP contribution in [-0.4, -0.2) is 53.9 Å². The number of aliphatic carboxylic acids is 1. The van der Waals surface area contributed by atoms with Gasteiger partial charge in [0.05, 0.1) is 6.54 Å². The van der Waals surface area contributed by atoms with E-state index in [1.54, 1.807) is 12.1 Å². The number of ether oxygens (including phenoxy) is 1. The molecule has 0 bridgehead atoms. The van der Waals surface area contributed by atoms with E-state index in [0.29, 0.717) is 19.1 Å². The Bertz CT molecular complexity index is 557. The van der Waals surface area contributed by atoms with Gasteiger partial charge in [0.15, 0.2) is 6.61 Å². The summed E-state index contributed by atoms with van der Waals surface area (Å²) in [4.78, 5) is 12.8. The lowest BCUT2D eigenvalue weighted by Gasteiger charge is -2.42. The summed E-state index contributed by atoms with van der Waals surface area (Å²) < 4.78 is 40.9. The molecular weight excluding hydrogens is 337 g/mol. The topological polar surface area (TPSA) is 61.8 Å². The number of likely N-dealkylation sites (N-methyl/N-ethyl adjacent to an activating group) is 1. The van der Waals surface area contributed by atoms with Gasteiger partial charge in [0.25, 0.3) is 0 Å². The molecule has 1 saturated carbocycles. The predicted octanol–water partition coefficient (Wildman–Crippen LogP) is 2.65. The number of hydrogen-bond acceptors (Lipinski definition) is 4. The van der Waals surface area contributed by atoms with Gasteiger partial charge in [-0.05, 0) is 37.1 Å². The summed E-state index contributed by atoms with van der Waals surface area (Å²) in [5.74, 6) is -0.622. The van der Waals surface area contributed by atoms with Crippen molar-refractivity contribution in [3.8, 4) is 5.75 Å². The van der Waals surface area contributed by atoms with E-state index >= 15 is 0 Å². The van der Waals surface area contributed by atoms with E-state index in [2.05, 4.69) is 10.1 Å². The molecule has 1 aliphatic carbocycles. The number of nitrogens with zero attached hydrogens (tertiary/aromatic N) is 1. The molecule has 1 fully saturated rings. The second kappa shape index (κ2) is 8.53. The molecule has 0 heterocycles. The summed E-state index contributed by atoms with van der Waals surface area (Å²) in [5.41, 5.74) is 0.959. The average molecular weight is 360 g/mol. The number of alkyl halides is 3. The lowest BCUT2D eigenvalue weighted by molar-refractivity contribution is -0.153. The Hall–Kier alpha value is -1.80. The van der Waals surface area contributed by atoms with Gasteiger partial charge in [-0.15, -0.1) is 0 Å². The van der Waals surface area contributed by atoms with E-state index in [0.717, 1.165) is 18.4 Å². The zero-order valence-electron chi connectivity index (χ0n) is 14.1. The molecule has 5 nitrogen and oxygen atoms in total. The lowest BCUT2D eigenvalue weighted by atomic mass is 9.85. The molecule has 0 saturated heterocycles. The molecule has 0 aromatic heterocycles. The van der Waals surface area contributed by atoms with Gasteiger partial charge in [0.1, 0.15) is 5.75 Å². The molecule has 0 aliphatic heterocycles. The normalized spacial score (nSPS) is 20.4. The maximum Gasteiger partial charge on any atom is 0.422 e. The van der Waals surface area contributed by atoms with Gasteiger partial charge in [-0.3, -0.25) is 9.69 Å². The van der Waals surface area contributed by atoms with Crippen LogP contribution < -0.4 is 10.1 Å². The first-order chi connectivity index (χ1) is 11.8. The van der Waals surface area contributed by atoms with Gasteiger partial charge in [-0.25, -0.2) is 0 Å². The lowest BCUT2D eigenvalue weighted by Crippen LogP contribution is -2.53. The molecule has 140 valence electrons. The van der Waals surface area contributed by atoms with Gasteiger partial charge in [-0.2, -0.15) is 13.2 Å². The molecule has 25 heavy (non-hydrogen) atoms. The zero-order chi connectivity index (χ0) is 18.4. The van der Waals surface area contributed by atoms with Crippen molar-refractivity contribution in [1.82, 2.24) is 10.2 Å². The number of halogens is 3. The fourth-order valence-electron chi connectivity index (χ4n) is 2.86. The van der Waals surface area contributed by atoms with E-state index in [1.165, 1.54) is 12.1 Å². The second-order valence-electron chi connectivity index (χ2n) is 6.21. The molecule has 0 amide bonds. The first-order valence-electron chi connectivity index (χ1n) is 8.24. The van der Waals surface area contributed by atoms with Crippen LogP contribution in [0.3, 0.4) is 0 Å². The number of nitrogens with one attached hydrogen (secondary N) is 1. The minimum absolute atomic E-state index is 0.0628. The highest BCUT2D eigenvalue weighted by atomic mass is 19.4. The molecule has 2 rings (SSSR count). The molecular formula is C17H23F3N2O3. The van der Waals surface area contributed by atoms with Gasteiger partial charge in [0, 0.05) is 18.6 Å². The third-order valence-electron chi connectivity index (χ3n) is 4.29. The number of carboxylic acids is 1. The van der Waals surface area contributed by atoms with Crippen molar-refractivity contribution in [2.45, 2.75) is 44.6 Å². The SMILES string of the molecule is CCN(CC(=O)O)C1CC(NCc2ccc(OCC(F)(F)F)cc2)C1. The number of carboxylic acid groups (broad SMARTS) is 1. The van der Waals surface area contributed by atoms with Crippen LogP contribution >= 0.6 is 0 Å². The summed E-state index contributed by atoms with van der Waals surface area (Å²) in [6.45, 7) is 2.04. The summed E-state index contributed by atoms with van der Waals surface area (Å²) in [6, 6.07) is 7.14. The Labute approximate surface area is 144 Å². The summed E-state index contributed by atoms with van der Waals surface area (Å²) in [5, 5.41) is 12.3. The number of benzene rings is 1. The van der Waals surface area contributed by atoms with Crippen molar-refractivity contribution in [2.75, 3.05) is 19.7 Å². The molecule has 1 aromatic rings. The van der Waals surface area contributed by atoms with Gasteiger partial charge in [-0.1, -0.05) is 19.1 Å². The Morgan fingerprint density at radius 1 is 1.32 bits per heavy atom. The molecule has 0 atom stereocenters. The first-order valence-corrected chi connectivity index (χ1v) is 8.24. The maximum atomic E-state index is 12.1. The van der Waals surface area contributed by atoms with E-state index < -0.39 is 18.8 Å². The molecule has 0 spiro atoms. The van der Waals surface area contributed by atoms with Crippen molar-refractivity contribution < 1.29 is 27.8 Å². The average Bonchev–Trinajstić information content (AvgIpc) is 2.50. The smallest absolute Gasteiger partial charge is 0.422 e. The van der Waals surface area contributed by atoms with Crippen molar-refractivity contribution in [3.05, 3.63) is 29.8 Å². The Kier molecular flexibility index (Phi) is 6.66. The van der Waals surface area contributed by atoms with Crippen LogP contribution in [0.15, 0.2) is 24.3 Å². The van der Waals surface area contributed by atoms with Crippen molar-refractivity contribution in [2.24, 2.45) is 0 Å². The fraction of sp³-hybridized carbons (Fsp3) is 0.588. The van der Waals surface area contributed by atoms with Crippen molar-refractivity contribution >= 4 is 5.97 Å². The van der Waals surface area contributed by atoms with Crippen LogP contribution in [0.1, 0.15) is 25.3 Å². The highest BCUT2D eigenvalue weighted by Crippen LogP contribution is 2.26. The predicted molar refractivity (Wildman–Crippen MR) is 86.5 cm³/mol. The van der Waals surface area contributed by atoms with Crippen LogP contribution in [0.25, 0.3) is 0 Å². The number of carbonyl (C=O) groups is 1. The zero-order valence-corrected chi connectivity index (χ0v) is 14.1. The third kappa shape index (κ3) is 6.55. The number of rotatable bonds is 9. The van der Waals surface area contributed by atoms with E-state index in [1.807, 2.05) is 11.8 Å². The number of hydrogen-bond donors (Lipinski definition) is 2. The van der Waals surface area contributed by atoms with E-state index in [4.69, 9.17) is 5.11 Å². The largest absolute Gasteiger partial charge is 0.484 e. The van der Waals surface area contributed by atoms with Crippen molar-refractivity contribution in [3.63, 3.8) is 0 Å². The molecule has 0 radical (unpaired) electrons. The van der Waals surface area contributed by atoms with E-state index in [9.17, 15) is 18.0 Å². The summed E-state index contributed by atoms with van der Waals surface area (Å²) in [6.07, 6.45) is -2.55.